The number of anilines is 2. The van der Waals surface area contributed by atoms with Crippen molar-refractivity contribution in [1.82, 2.24) is 15.5 Å². The Balaban J connectivity index is 1.44. The van der Waals surface area contributed by atoms with Crippen molar-refractivity contribution >= 4 is 29.3 Å². The highest BCUT2D eigenvalue weighted by Gasteiger charge is 2.29. The fourth-order valence-corrected chi connectivity index (χ4v) is 3.79. The van der Waals surface area contributed by atoms with E-state index in [1.54, 1.807) is 29.2 Å². The predicted octanol–water partition coefficient (Wildman–Crippen LogP) is 2.76. The third-order valence-electron chi connectivity index (χ3n) is 5.54. The number of likely N-dealkylation sites (tertiary alicyclic amines) is 1. The number of amides is 5. The van der Waals surface area contributed by atoms with E-state index in [9.17, 15) is 14.4 Å². The maximum absolute atomic E-state index is 12.7. The lowest BCUT2D eigenvalue weighted by Crippen LogP contribution is -2.47. The molecule has 4 N–H and O–H groups in total. The van der Waals surface area contributed by atoms with Crippen molar-refractivity contribution in [2.75, 3.05) is 43.4 Å². The topological polar surface area (TPSA) is 112 Å². The number of hydrogen-bond donors (Lipinski definition) is 4. The number of rotatable bonds is 7. The quantitative estimate of drug-likeness (QED) is 0.532. The van der Waals surface area contributed by atoms with Crippen LogP contribution >= 0.6 is 0 Å². The van der Waals surface area contributed by atoms with Crippen LogP contribution in [-0.4, -0.2) is 61.8 Å². The van der Waals surface area contributed by atoms with Gasteiger partial charge in [0.2, 0.25) is 5.91 Å². The zero-order valence-corrected chi connectivity index (χ0v) is 18.1. The number of carbonyl (C=O) groups excluding carboxylic acids is 3. The Labute approximate surface area is 183 Å². The van der Waals surface area contributed by atoms with Crippen LogP contribution in [0.5, 0.6) is 0 Å². The first-order valence-electron chi connectivity index (χ1n) is 11.2. The molecule has 0 aliphatic carbocycles. The van der Waals surface area contributed by atoms with Crippen molar-refractivity contribution < 1.29 is 19.1 Å². The van der Waals surface area contributed by atoms with Crippen LogP contribution in [0.1, 0.15) is 39.0 Å². The van der Waals surface area contributed by atoms with Crippen molar-refractivity contribution in [1.29, 1.82) is 0 Å². The van der Waals surface area contributed by atoms with Crippen molar-refractivity contribution in [2.45, 2.75) is 45.1 Å². The van der Waals surface area contributed by atoms with Gasteiger partial charge in [0, 0.05) is 44.2 Å². The van der Waals surface area contributed by atoms with E-state index in [-0.39, 0.29) is 30.0 Å². The Morgan fingerprint density at radius 3 is 2.45 bits per heavy atom. The predicted molar refractivity (Wildman–Crippen MR) is 119 cm³/mol. The van der Waals surface area contributed by atoms with E-state index >= 15 is 0 Å². The number of urea groups is 2. The minimum Gasteiger partial charge on any atom is -0.376 e. The van der Waals surface area contributed by atoms with Crippen molar-refractivity contribution in [3.63, 3.8) is 0 Å². The molecule has 2 saturated heterocycles. The van der Waals surface area contributed by atoms with Gasteiger partial charge in [-0.25, -0.2) is 9.59 Å². The lowest BCUT2D eigenvalue weighted by atomic mass is 9.97. The summed E-state index contributed by atoms with van der Waals surface area (Å²) in [5.41, 5.74) is 1.28. The normalized spacial score (nSPS) is 20.7. The van der Waals surface area contributed by atoms with Crippen molar-refractivity contribution in [2.24, 2.45) is 5.92 Å². The molecular weight excluding hydrogens is 398 g/mol. The molecule has 0 spiro atoms. The smallest absolute Gasteiger partial charge is 0.321 e. The van der Waals surface area contributed by atoms with E-state index in [2.05, 4.69) is 21.3 Å². The number of piperidine rings is 1. The average molecular weight is 432 g/mol. The van der Waals surface area contributed by atoms with Crippen LogP contribution in [-0.2, 0) is 9.53 Å². The molecule has 1 aromatic carbocycles. The summed E-state index contributed by atoms with van der Waals surface area (Å²) >= 11 is 0. The third kappa shape index (κ3) is 7.13. The lowest BCUT2D eigenvalue weighted by Gasteiger charge is -2.32. The molecule has 31 heavy (non-hydrogen) atoms. The Morgan fingerprint density at radius 2 is 1.77 bits per heavy atom. The number of ether oxygens (including phenoxy) is 1. The maximum atomic E-state index is 12.7. The molecule has 0 saturated carbocycles. The summed E-state index contributed by atoms with van der Waals surface area (Å²) < 4.78 is 5.55. The van der Waals surface area contributed by atoms with Gasteiger partial charge in [-0.05, 0) is 56.4 Å². The summed E-state index contributed by atoms with van der Waals surface area (Å²) in [4.78, 5) is 38.6. The Hall–Kier alpha value is -2.81. The highest BCUT2D eigenvalue weighted by molar-refractivity contribution is 5.92. The van der Waals surface area contributed by atoms with E-state index in [0.717, 1.165) is 38.7 Å². The second-order valence-electron chi connectivity index (χ2n) is 8.05. The summed E-state index contributed by atoms with van der Waals surface area (Å²) in [5, 5.41) is 11.3. The van der Waals surface area contributed by atoms with E-state index in [1.807, 2.05) is 6.92 Å². The second kappa shape index (κ2) is 11.5. The summed E-state index contributed by atoms with van der Waals surface area (Å²) in [6, 6.07) is 6.47. The van der Waals surface area contributed by atoms with Crippen LogP contribution < -0.4 is 21.3 Å². The van der Waals surface area contributed by atoms with Gasteiger partial charge in [0.25, 0.3) is 0 Å². The maximum Gasteiger partial charge on any atom is 0.321 e. The Morgan fingerprint density at radius 1 is 1.03 bits per heavy atom. The molecule has 9 nitrogen and oxygen atoms in total. The number of hydrogen-bond acceptors (Lipinski definition) is 4. The second-order valence-corrected chi connectivity index (χ2v) is 8.05. The van der Waals surface area contributed by atoms with Gasteiger partial charge in [0.05, 0.1) is 12.0 Å². The minimum absolute atomic E-state index is 0.00947. The highest BCUT2D eigenvalue weighted by Crippen LogP contribution is 2.19. The van der Waals surface area contributed by atoms with Crippen LogP contribution in [0.2, 0.25) is 0 Å². The van der Waals surface area contributed by atoms with Gasteiger partial charge in [-0.1, -0.05) is 6.92 Å². The summed E-state index contributed by atoms with van der Waals surface area (Å²) in [5.74, 6) is -0.209. The summed E-state index contributed by atoms with van der Waals surface area (Å²) in [7, 11) is 0. The molecule has 5 amide bonds. The number of carbonyl (C=O) groups is 3. The van der Waals surface area contributed by atoms with Crippen LogP contribution in [0, 0.1) is 5.92 Å². The summed E-state index contributed by atoms with van der Waals surface area (Å²) in [6.07, 6.45) is 4.58. The highest BCUT2D eigenvalue weighted by atomic mass is 16.5. The van der Waals surface area contributed by atoms with Gasteiger partial charge < -0.3 is 30.9 Å². The fourth-order valence-electron chi connectivity index (χ4n) is 3.79. The molecule has 3 rings (SSSR count). The molecule has 0 bridgehead atoms. The molecule has 0 unspecified atom stereocenters. The lowest BCUT2D eigenvalue weighted by molar-refractivity contribution is -0.126. The first-order valence-corrected chi connectivity index (χ1v) is 11.2. The molecular formula is C22H33N5O4. The Kier molecular flexibility index (Phi) is 8.52. The molecule has 1 aromatic rings. The van der Waals surface area contributed by atoms with Crippen molar-refractivity contribution in [3.05, 3.63) is 24.3 Å². The van der Waals surface area contributed by atoms with Gasteiger partial charge in [0.15, 0.2) is 0 Å². The Bertz CT molecular complexity index is 749. The van der Waals surface area contributed by atoms with E-state index < -0.39 is 0 Å². The molecule has 2 aliphatic heterocycles. The molecule has 0 radical (unpaired) electrons. The van der Waals surface area contributed by atoms with Crippen LogP contribution in [0.4, 0.5) is 21.0 Å². The zero-order valence-electron chi connectivity index (χ0n) is 18.1. The molecule has 2 atom stereocenters. The van der Waals surface area contributed by atoms with Crippen LogP contribution in [0.25, 0.3) is 0 Å². The standard InChI is InChI=1S/C22H33N5O4/c1-2-11-23-21(29)25-17-7-9-18(10-8-17)26-22(30)27-12-3-5-16(15-27)20(28)24-14-19-6-4-13-31-19/h7-10,16,19H,2-6,11-15H2,1H3,(H,24,28)(H,26,30)(H2,23,25,29)/t16-,19+/m1/s1. The van der Waals surface area contributed by atoms with E-state index in [1.165, 1.54) is 0 Å². The van der Waals surface area contributed by atoms with Crippen molar-refractivity contribution in [3.8, 4) is 0 Å². The third-order valence-corrected chi connectivity index (χ3v) is 5.54. The number of nitrogens with one attached hydrogen (secondary N) is 4. The average Bonchev–Trinajstić information content (AvgIpc) is 3.31. The molecule has 2 fully saturated rings. The first-order chi connectivity index (χ1) is 15.0. The fraction of sp³-hybridized carbons (Fsp3) is 0.591. The van der Waals surface area contributed by atoms with Crippen LogP contribution in [0.15, 0.2) is 24.3 Å². The molecule has 2 heterocycles. The number of benzene rings is 1. The van der Waals surface area contributed by atoms with E-state index in [4.69, 9.17) is 4.74 Å². The first kappa shape index (κ1) is 22.9. The van der Waals surface area contributed by atoms with Gasteiger partial charge >= 0.3 is 12.1 Å². The summed E-state index contributed by atoms with van der Waals surface area (Å²) in [6.45, 7) is 4.93. The monoisotopic (exact) mass is 431 g/mol. The van der Waals surface area contributed by atoms with Gasteiger partial charge in [-0.3, -0.25) is 4.79 Å². The SMILES string of the molecule is CCCNC(=O)Nc1ccc(NC(=O)N2CCC[C@@H](C(=O)NC[C@@H]3CCCO3)C2)cc1. The number of nitrogens with zero attached hydrogens (tertiary/aromatic N) is 1. The van der Waals surface area contributed by atoms with Gasteiger partial charge in [-0.2, -0.15) is 0 Å². The van der Waals surface area contributed by atoms with Gasteiger partial charge in [0.1, 0.15) is 0 Å². The molecule has 170 valence electrons. The minimum atomic E-state index is -0.254. The molecule has 9 heteroatoms. The van der Waals surface area contributed by atoms with E-state index in [0.29, 0.717) is 37.6 Å². The van der Waals surface area contributed by atoms with Crippen LogP contribution in [0.3, 0.4) is 0 Å². The zero-order chi connectivity index (χ0) is 22.1. The molecule has 2 aliphatic rings. The molecule has 0 aromatic heterocycles. The largest absolute Gasteiger partial charge is 0.376 e. The van der Waals surface area contributed by atoms with Gasteiger partial charge in [-0.15, -0.1) is 0 Å².